The number of β-amino-alcohol motifs (C(OH)–C–C–N with tert-alkyl or cyclic N) is 1. The highest BCUT2D eigenvalue weighted by molar-refractivity contribution is 7.13. The highest BCUT2D eigenvalue weighted by Gasteiger charge is 2.46. The van der Waals surface area contributed by atoms with Crippen molar-refractivity contribution in [1.29, 1.82) is 0 Å². The number of nitrogens with zero attached hydrogens (tertiary/aromatic N) is 2. The number of aliphatic hydroxyl groups excluding tert-OH is 1. The molecule has 3 fully saturated rings. The zero-order chi connectivity index (χ0) is 16.7. The summed E-state index contributed by atoms with van der Waals surface area (Å²) in [7, 11) is 0. The maximum atomic E-state index is 12.7. The lowest BCUT2D eigenvalue weighted by Gasteiger charge is -2.44. The van der Waals surface area contributed by atoms with E-state index in [0.717, 1.165) is 17.3 Å². The van der Waals surface area contributed by atoms with Gasteiger partial charge in [-0.25, -0.2) is 4.98 Å². The average molecular weight is 349 g/mol. The summed E-state index contributed by atoms with van der Waals surface area (Å²) in [5.41, 5.74) is -0.501. The fourth-order valence-electron chi connectivity index (χ4n) is 3.81. The number of nitrogens with one attached hydrogen (secondary N) is 1. The maximum absolute atomic E-state index is 12.7. The molecule has 2 N–H and O–H groups in total. The van der Waals surface area contributed by atoms with Gasteiger partial charge in [-0.05, 0) is 38.0 Å². The molecular formula is C17H23N3O3S. The van der Waals surface area contributed by atoms with Gasteiger partial charge in [-0.1, -0.05) is 0 Å². The number of hydrogen-bond acceptors (Lipinski definition) is 5. The summed E-state index contributed by atoms with van der Waals surface area (Å²) in [5.74, 6) is 0.829. The van der Waals surface area contributed by atoms with Crippen LogP contribution in [-0.2, 0) is 11.2 Å². The zero-order valence-electron chi connectivity index (χ0n) is 13.7. The third-order valence-electron chi connectivity index (χ3n) is 5.54. The van der Waals surface area contributed by atoms with E-state index in [0.29, 0.717) is 43.8 Å². The second kappa shape index (κ2) is 6.11. The number of carbonyl (C=O) groups is 2. The molecule has 1 unspecified atom stereocenters. The van der Waals surface area contributed by atoms with E-state index in [1.165, 1.54) is 24.2 Å². The van der Waals surface area contributed by atoms with E-state index < -0.39 is 11.5 Å². The van der Waals surface area contributed by atoms with Crippen LogP contribution in [0, 0.1) is 11.3 Å². The first-order chi connectivity index (χ1) is 11.6. The molecule has 0 bridgehead atoms. The highest BCUT2D eigenvalue weighted by Crippen LogP contribution is 2.39. The van der Waals surface area contributed by atoms with Gasteiger partial charge in [0.2, 0.25) is 5.91 Å². The molecule has 0 radical (unpaired) electrons. The van der Waals surface area contributed by atoms with Crippen LogP contribution < -0.4 is 5.32 Å². The molecule has 1 atom stereocenters. The molecule has 7 heteroatoms. The van der Waals surface area contributed by atoms with Gasteiger partial charge >= 0.3 is 0 Å². The SMILES string of the molecule is O=C(c1cnc(CC2CC2)s1)N1CCC2(CC1)CC(O)CNC2=O. The lowest BCUT2D eigenvalue weighted by molar-refractivity contribution is -0.140. The Kier molecular flexibility index (Phi) is 4.08. The minimum atomic E-state index is -0.501. The Morgan fingerprint density at radius 1 is 1.42 bits per heavy atom. The molecule has 4 rings (SSSR count). The van der Waals surface area contributed by atoms with Crippen molar-refractivity contribution in [3.8, 4) is 0 Å². The first kappa shape index (κ1) is 16.0. The summed E-state index contributed by atoms with van der Waals surface area (Å²) in [4.78, 5) is 31.8. The number of hydrogen-bond donors (Lipinski definition) is 2. The van der Waals surface area contributed by atoms with Gasteiger partial charge in [-0.2, -0.15) is 0 Å². The molecule has 24 heavy (non-hydrogen) atoms. The minimum Gasteiger partial charge on any atom is -0.391 e. The number of carbonyl (C=O) groups excluding carboxylic acids is 2. The molecule has 2 amide bonds. The van der Waals surface area contributed by atoms with E-state index in [9.17, 15) is 14.7 Å². The number of thiazole rings is 1. The minimum absolute atomic E-state index is 0.0289. The topological polar surface area (TPSA) is 82.5 Å². The summed E-state index contributed by atoms with van der Waals surface area (Å²) in [6.07, 6.45) is 6.54. The number of amides is 2. The molecule has 3 aliphatic rings. The van der Waals surface area contributed by atoms with Crippen LogP contribution in [0.1, 0.15) is 46.8 Å². The summed E-state index contributed by atoms with van der Waals surface area (Å²) in [5, 5.41) is 13.7. The van der Waals surface area contributed by atoms with Crippen molar-refractivity contribution >= 4 is 23.2 Å². The Hall–Kier alpha value is -1.47. The normalized spacial score (nSPS) is 26.5. The summed E-state index contributed by atoms with van der Waals surface area (Å²) in [6, 6.07) is 0. The third-order valence-corrected chi connectivity index (χ3v) is 6.55. The highest BCUT2D eigenvalue weighted by atomic mass is 32.1. The Balaban J connectivity index is 1.38. The first-order valence-corrected chi connectivity index (χ1v) is 9.58. The molecule has 0 aromatic carbocycles. The molecule has 2 aliphatic heterocycles. The summed E-state index contributed by atoms with van der Waals surface area (Å²) < 4.78 is 0. The van der Waals surface area contributed by atoms with E-state index >= 15 is 0 Å². The Morgan fingerprint density at radius 3 is 2.88 bits per heavy atom. The molecule has 1 aromatic rings. The van der Waals surface area contributed by atoms with Gasteiger partial charge < -0.3 is 15.3 Å². The van der Waals surface area contributed by atoms with Crippen LogP contribution >= 0.6 is 11.3 Å². The van der Waals surface area contributed by atoms with Crippen LogP contribution in [0.4, 0.5) is 0 Å². The van der Waals surface area contributed by atoms with Crippen LogP contribution in [0.5, 0.6) is 0 Å². The van der Waals surface area contributed by atoms with Gasteiger partial charge in [-0.3, -0.25) is 9.59 Å². The number of piperidine rings is 2. The van der Waals surface area contributed by atoms with Crippen LogP contribution in [0.15, 0.2) is 6.20 Å². The third kappa shape index (κ3) is 3.07. The number of likely N-dealkylation sites (tertiary alicyclic amines) is 1. The summed E-state index contributed by atoms with van der Waals surface area (Å²) >= 11 is 1.51. The molecule has 130 valence electrons. The van der Waals surface area contributed by atoms with Crippen LogP contribution in [0.2, 0.25) is 0 Å². The number of aromatic nitrogens is 1. The lowest BCUT2D eigenvalue weighted by Crippen LogP contribution is -2.56. The standard InChI is InChI=1S/C17H23N3O3S/c21-12-8-17(16(23)19-9-12)3-5-20(6-4-17)15(22)13-10-18-14(24-13)7-11-1-2-11/h10-12,21H,1-9H2,(H,19,23). The predicted molar refractivity (Wildman–Crippen MR) is 89.7 cm³/mol. The molecular weight excluding hydrogens is 326 g/mol. The van der Waals surface area contributed by atoms with Crippen molar-refractivity contribution in [1.82, 2.24) is 15.2 Å². The fraction of sp³-hybridized carbons (Fsp3) is 0.706. The van der Waals surface area contributed by atoms with E-state index in [4.69, 9.17) is 0 Å². The van der Waals surface area contributed by atoms with Crippen molar-refractivity contribution in [3.63, 3.8) is 0 Å². The fourth-order valence-corrected chi connectivity index (χ4v) is 4.81. The largest absolute Gasteiger partial charge is 0.391 e. The Labute approximate surface area is 145 Å². The van der Waals surface area contributed by atoms with Crippen molar-refractivity contribution in [2.45, 2.75) is 44.6 Å². The van der Waals surface area contributed by atoms with E-state index in [2.05, 4.69) is 10.3 Å². The molecule has 1 spiro atoms. The van der Waals surface area contributed by atoms with Crippen LogP contribution in [0.25, 0.3) is 0 Å². The van der Waals surface area contributed by atoms with E-state index in [1.54, 1.807) is 6.20 Å². The molecule has 1 aromatic heterocycles. The van der Waals surface area contributed by atoms with Gasteiger partial charge in [-0.15, -0.1) is 11.3 Å². The number of rotatable bonds is 3. The van der Waals surface area contributed by atoms with Crippen molar-refractivity contribution in [2.75, 3.05) is 19.6 Å². The average Bonchev–Trinajstić information content (AvgIpc) is 3.26. The predicted octanol–water partition coefficient (Wildman–Crippen LogP) is 1.20. The number of aliphatic hydroxyl groups is 1. The van der Waals surface area contributed by atoms with Gasteiger partial charge in [0, 0.05) is 26.1 Å². The second-order valence-corrected chi connectivity index (χ2v) is 8.52. The monoisotopic (exact) mass is 349 g/mol. The summed E-state index contributed by atoms with van der Waals surface area (Å²) in [6.45, 7) is 1.47. The quantitative estimate of drug-likeness (QED) is 0.859. The Bertz CT molecular complexity index is 647. The Morgan fingerprint density at radius 2 is 2.17 bits per heavy atom. The lowest BCUT2D eigenvalue weighted by atomic mass is 9.71. The van der Waals surface area contributed by atoms with Crippen molar-refractivity contribution in [2.24, 2.45) is 11.3 Å². The van der Waals surface area contributed by atoms with Gasteiger partial charge in [0.1, 0.15) is 4.88 Å². The van der Waals surface area contributed by atoms with Gasteiger partial charge in [0.15, 0.2) is 0 Å². The van der Waals surface area contributed by atoms with Gasteiger partial charge in [0.05, 0.1) is 22.7 Å². The smallest absolute Gasteiger partial charge is 0.265 e. The first-order valence-electron chi connectivity index (χ1n) is 8.76. The molecule has 1 saturated carbocycles. The van der Waals surface area contributed by atoms with Gasteiger partial charge in [0.25, 0.3) is 5.91 Å². The zero-order valence-corrected chi connectivity index (χ0v) is 14.5. The van der Waals surface area contributed by atoms with Crippen molar-refractivity contribution in [3.05, 3.63) is 16.1 Å². The molecule has 2 saturated heterocycles. The van der Waals surface area contributed by atoms with E-state index in [1.807, 2.05) is 4.90 Å². The molecule has 1 aliphatic carbocycles. The van der Waals surface area contributed by atoms with Crippen LogP contribution in [0.3, 0.4) is 0 Å². The molecule has 3 heterocycles. The van der Waals surface area contributed by atoms with E-state index in [-0.39, 0.29) is 11.8 Å². The van der Waals surface area contributed by atoms with Crippen LogP contribution in [-0.4, -0.2) is 52.5 Å². The maximum Gasteiger partial charge on any atom is 0.265 e. The second-order valence-electron chi connectivity index (χ2n) is 7.41. The molecule has 6 nitrogen and oxygen atoms in total. The van der Waals surface area contributed by atoms with Crippen molar-refractivity contribution < 1.29 is 14.7 Å².